The molecule has 8 rings (SSSR count). The largest absolute Gasteiger partial charge is 0.489 e. The molecule has 3 fully saturated rings. The molecule has 4 aliphatic heterocycles. The normalized spacial score (nSPS) is 24.4. The molecular formula is C44H50N6O5. The van der Waals surface area contributed by atoms with E-state index in [1.165, 1.54) is 11.1 Å². The predicted octanol–water partition coefficient (Wildman–Crippen LogP) is 5.48. The van der Waals surface area contributed by atoms with Crippen LogP contribution in [0.25, 0.3) is 0 Å². The van der Waals surface area contributed by atoms with E-state index < -0.39 is 6.04 Å². The van der Waals surface area contributed by atoms with Crippen molar-refractivity contribution in [3.63, 3.8) is 0 Å². The van der Waals surface area contributed by atoms with Gasteiger partial charge in [-0.15, -0.1) is 0 Å². The van der Waals surface area contributed by atoms with Crippen molar-refractivity contribution in [3.8, 4) is 11.8 Å². The number of nitriles is 1. The summed E-state index contributed by atoms with van der Waals surface area (Å²) in [5.74, 6) is -0.123. The fourth-order valence-corrected chi connectivity index (χ4v) is 10.3. The summed E-state index contributed by atoms with van der Waals surface area (Å²) in [6.07, 6.45) is 3.30. The Morgan fingerprint density at radius 1 is 0.909 bits per heavy atom. The van der Waals surface area contributed by atoms with Crippen molar-refractivity contribution in [2.75, 3.05) is 18.0 Å². The Bertz CT molecular complexity index is 2100. The second kappa shape index (κ2) is 13.8. The number of fused-ring (bicyclic) bond motifs is 2. The molecular weight excluding hydrogens is 693 g/mol. The van der Waals surface area contributed by atoms with Gasteiger partial charge >= 0.3 is 0 Å². The van der Waals surface area contributed by atoms with Crippen LogP contribution in [0, 0.1) is 22.2 Å². The fraction of sp³-hybridized carbons (Fsp3) is 0.477. The summed E-state index contributed by atoms with van der Waals surface area (Å²) in [7, 11) is 0. The van der Waals surface area contributed by atoms with Gasteiger partial charge in [-0.2, -0.15) is 5.26 Å². The number of piperidine rings is 2. The molecule has 4 amide bonds. The number of nitrogens with one attached hydrogen (secondary N) is 2. The highest BCUT2D eigenvalue weighted by molar-refractivity contribution is 6.05. The molecule has 1 atom stereocenters. The first kappa shape index (κ1) is 36.8. The number of hydrogen-bond acceptors (Lipinski definition) is 8. The van der Waals surface area contributed by atoms with Crippen LogP contribution >= 0.6 is 0 Å². The molecule has 2 N–H and O–H groups in total. The van der Waals surface area contributed by atoms with Gasteiger partial charge in [-0.05, 0) is 96.5 Å². The molecule has 1 unspecified atom stereocenters. The van der Waals surface area contributed by atoms with Crippen LogP contribution in [0.4, 0.5) is 5.69 Å². The molecule has 286 valence electrons. The topological polar surface area (TPSA) is 135 Å². The molecule has 11 heteroatoms. The molecule has 0 spiro atoms. The lowest BCUT2D eigenvalue weighted by molar-refractivity contribution is -0.164. The molecule has 11 nitrogen and oxygen atoms in total. The van der Waals surface area contributed by atoms with Crippen molar-refractivity contribution in [2.24, 2.45) is 10.8 Å². The number of rotatable bonds is 8. The maximum atomic E-state index is 13.6. The minimum atomic E-state index is -0.597. The number of carbonyl (C=O) groups excluding carboxylic acids is 4. The number of hydrogen-bond donors (Lipinski definition) is 2. The number of nitrogens with zero attached hydrogens (tertiary/aromatic N) is 4. The quantitative estimate of drug-likeness (QED) is 0.290. The van der Waals surface area contributed by atoms with Gasteiger partial charge in [0.15, 0.2) is 0 Å². The first-order valence-corrected chi connectivity index (χ1v) is 19.7. The average Bonchev–Trinajstić information content (AvgIpc) is 3.74. The summed E-state index contributed by atoms with van der Waals surface area (Å²) in [5.41, 5.74) is 6.85. The monoisotopic (exact) mass is 742 g/mol. The molecule has 1 saturated carbocycles. The summed E-state index contributed by atoms with van der Waals surface area (Å²) < 4.78 is 6.53. The maximum Gasteiger partial charge on any atom is 0.255 e. The van der Waals surface area contributed by atoms with E-state index in [0.717, 1.165) is 68.0 Å². The Hall–Kier alpha value is -5.21. The Morgan fingerprint density at radius 3 is 2.25 bits per heavy atom. The minimum Gasteiger partial charge on any atom is -0.489 e. The van der Waals surface area contributed by atoms with Gasteiger partial charge in [0.1, 0.15) is 17.9 Å². The van der Waals surface area contributed by atoms with Gasteiger partial charge in [0.2, 0.25) is 11.8 Å². The third-order valence-corrected chi connectivity index (χ3v) is 13.0. The number of benzene rings is 3. The third kappa shape index (κ3) is 6.44. The Morgan fingerprint density at radius 2 is 1.60 bits per heavy atom. The number of ether oxygens (including phenoxy) is 1. The van der Waals surface area contributed by atoms with Crippen LogP contribution in [-0.4, -0.2) is 70.7 Å². The Balaban J connectivity index is 0.836. The van der Waals surface area contributed by atoms with E-state index in [4.69, 9.17) is 4.74 Å². The Labute approximate surface area is 323 Å². The zero-order valence-corrected chi connectivity index (χ0v) is 32.4. The van der Waals surface area contributed by atoms with Crippen LogP contribution in [0.15, 0.2) is 54.6 Å². The lowest BCUT2D eigenvalue weighted by Gasteiger charge is -2.63. The molecule has 55 heavy (non-hydrogen) atoms. The minimum absolute atomic E-state index is 0.0912. The van der Waals surface area contributed by atoms with Crippen LogP contribution in [0.2, 0.25) is 0 Å². The fourth-order valence-electron chi connectivity index (χ4n) is 10.3. The van der Waals surface area contributed by atoms with Crippen LogP contribution in [0.1, 0.15) is 109 Å². The molecule has 4 heterocycles. The molecule has 3 aromatic rings. The maximum absolute atomic E-state index is 13.6. The van der Waals surface area contributed by atoms with Crippen molar-refractivity contribution in [3.05, 3.63) is 93.5 Å². The van der Waals surface area contributed by atoms with Crippen molar-refractivity contribution in [1.82, 2.24) is 20.4 Å². The first-order chi connectivity index (χ1) is 26.3. The summed E-state index contributed by atoms with van der Waals surface area (Å²) >= 11 is 0. The summed E-state index contributed by atoms with van der Waals surface area (Å²) in [5, 5.41) is 15.1. The molecule has 1 aliphatic carbocycles. The highest BCUT2D eigenvalue weighted by Gasteiger charge is 2.64. The molecule has 0 aromatic heterocycles. The van der Waals surface area contributed by atoms with E-state index in [1.54, 1.807) is 4.90 Å². The average molecular weight is 743 g/mol. The van der Waals surface area contributed by atoms with E-state index in [1.807, 2.05) is 43.3 Å². The summed E-state index contributed by atoms with van der Waals surface area (Å²) in [6.45, 7) is 14.5. The zero-order valence-electron chi connectivity index (χ0n) is 32.4. The van der Waals surface area contributed by atoms with Crippen LogP contribution in [0.3, 0.4) is 0 Å². The van der Waals surface area contributed by atoms with Gasteiger partial charge < -0.3 is 19.9 Å². The first-order valence-electron chi connectivity index (χ1n) is 19.7. The number of anilines is 1. The zero-order chi connectivity index (χ0) is 38.8. The lowest BCUT2D eigenvalue weighted by atomic mass is 9.49. The van der Waals surface area contributed by atoms with E-state index in [9.17, 15) is 24.4 Å². The van der Waals surface area contributed by atoms with E-state index >= 15 is 0 Å². The van der Waals surface area contributed by atoms with E-state index in [2.05, 4.69) is 72.4 Å². The second-order valence-electron chi connectivity index (χ2n) is 17.2. The van der Waals surface area contributed by atoms with E-state index in [-0.39, 0.29) is 53.0 Å². The molecule has 5 aliphatic rings. The number of carbonyl (C=O) groups is 4. The lowest BCUT2D eigenvalue weighted by Crippen LogP contribution is -2.74. The van der Waals surface area contributed by atoms with Crippen molar-refractivity contribution < 1.29 is 23.9 Å². The van der Waals surface area contributed by atoms with Crippen molar-refractivity contribution in [2.45, 2.75) is 111 Å². The van der Waals surface area contributed by atoms with Crippen molar-refractivity contribution >= 4 is 29.3 Å². The van der Waals surface area contributed by atoms with Gasteiger partial charge in [-0.25, -0.2) is 0 Å². The SMILES string of the molecule is CCc1cc(O[C@H]2C(C)(C)[C@H](NC(=O)c3ccc(N4CCC(N5Cc6cc7c(cc6C5)C(=O)N(C5CCC(=O)NC5=O)C7)CC4)cc3)C2(C)C)ccc1C#N. The standard InChI is InChI=1S/C44H50N6O5/c1-6-26-20-34(12-9-28(26)22-45)55-42-43(2,3)41(44(42,4)5)47-38(52)27-7-10-32(11-8-27)48-17-15-33(16-18-48)49-23-29-19-31-25-50(36-13-14-37(51)46-39(36)53)40(54)35(31)21-30(29)24-49/h7-12,19-21,33,36,41-42H,6,13-18,23-25H2,1-5H3,(H,47,52)(H,46,51,53)/t36?,41-,42-. The van der Waals surface area contributed by atoms with Crippen LogP contribution in [0.5, 0.6) is 5.75 Å². The van der Waals surface area contributed by atoms with Crippen LogP contribution in [-0.2, 0) is 35.6 Å². The van der Waals surface area contributed by atoms with Crippen molar-refractivity contribution in [1.29, 1.82) is 5.26 Å². The van der Waals surface area contributed by atoms with E-state index in [0.29, 0.717) is 35.7 Å². The molecule has 0 radical (unpaired) electrons. The number of imide groups is 1. The summed E-state index contributed by atoms with van der Waals surface area (Å²) in [6, 6.07) is 19.8. The highest BCUT2D eigenvalue weighted by Crippen LogP contribution is 2.55. The number of amides is 4. The van der Waals surface area contributed by atoms with Gasteiger partial charge in [0.25, 0.3) is 11.8 Å². The smallest absolute Gasteiger partial charge is 0.255 e. The highest BCUT2D eigenvalue weighted by atomic mass is 16.5. The Kier molecular flexibility index (Phi) is 9.24. The second-order valence-corrected chi connectivity index (χ2v) is 17.2. The van der Waals surface area contributed by atoms with Crippen LogP contribution < -0.4 is 20.3 Å². The summed E-state index contributed by atoms with van der Waals surface area (Å²) in [4.78, 5) is 57.6. The molecule has 0 bridgehead atoms. The van der Waals surface area contributed by atoms with Gasteiger partial charge in [-0.1, -0.05) is 40.7 Å². The van der Waals surface area contributed by atoms with Gasteiger partial charge in [0.05, 0.1) is 11.6 Å². The third-order valence-electron chi connectivity index (χ3n) is 13.0. The molecule has 3 aromatic carbocycles. The van der Waals surface area contributed by atoms with Gasteiger partial charge in [-0.3, -0.25) is 29.4 Å². The molecule has 2 saturated heterocycles. The van der Waals surface area contributed by atoms with Gasteiger partial charge in [0, 0.05) is 78.9 Å². The predicted molar refractivity (Wildman–Crippen MR) is 207 cm³/mol. The number of aryl methyl sites for hydroxylation is 1.